The molecule has 0 aliphatic carbocycles. The predicted molar refractivity (Wildman–Crippen MR) is 79.5 cm³/mol. The average molecular weight is 360 g/mol. The molecule has 0 saturated carbocycles. The van der Waals surface area contributed by atoms with Gasteiger partial charge in [-0.1, -0.05) is 0 Å². The monoisotopic (exact) mass is 360 g/mol. The second kappa shape index (κ2) is 5.51. The second-order valence-corrected chi connectivity index (χ2v) is 8.73. The van der Waals surface area contributed by atoms with E-state index in [4.69, 9.17) is 0 Å². The minimum Gasteiger partial charge on any atom is -0.291 e. The molecule has 2 rings (SSSR count). The van der Waals surface area contributed by atoms with Crippen LogP contribution in [0, 0.1) is 10.1 Å². The van der Waals surface area contributed by atoms with Gasteiger partial charge in [0.05, 0.1) is 9.82 Å². The Morgan fingerprint density at radius 1 is 1.17 bits per heavy atom. The molecular weight excluding hydrogens is 348 g/mol. The number of nitrogens with one attached hydrogen (secondary N) is 1. The molecule has 1 atom stereocenters. The van der Waals surface area contributed by atoms with Crippen molar-refractivity contribution >= 4 is 31.3 Å². The highest BCUT2D eigenvalue weighted by molar-refractivity contribution is 7.98. The van der Waals surface area contributed by atoms with Crippen LogP contribution in [-0.2, 0) is 24.7 Å². The molecule has 1 aromatic carbocycles. The van der Waals surface area contributed by atoms with Crippen molar-refractivity contribution < 1.29 is 26.6 Å². The highest BCUT2D eigenvalue weighted by atomic mass is 32.2. The Bertz CT molecular complexity index is 928. The first-order valence-corrected chi connectivity index (χ1v) is 9.24. The van der Waals surface area contributed by atoms with Crippen LogP contribution in [0.1, 0.15) is 13.8 Å². The number of benzene rings is 1. The van der Waals surface area contributed by atoms with Crippen LogP contribution in [-0.4, -0.2) is 32.9 Å². The van der Waals surface area contributed by atoms with Gasteiger partial charge in [0.15, 0.2) is 21.0 Å². The molecule has 0 fully saturated rings. The summed E-state index contributed by atoms with van der Waals surface area (Å²) in [7, 11) is -8.43. The van der Waals surface area contributed by atoms with Gasteiger partial charge in [-0.15, -0.1) is 0 Å². The molecular formula is C12H12N2O7S2. The van der Waals surface area contributed by atoms with Crippen molar-refractivity contribution in [3.05, 3.63) is 44.9 Å². The van der Waals surface area contributed by atoms with Crippen molar-refractivity contribution in [3.8, 4) is 0 Å². The zero-order chi connectivity index (χ0) is 17.6. The summed E-state index contributed by atoms with van der Waals surface area (Å²) in [5, 5.41) is 8.64. The predicted octanol–water partition coefficient (Wildman–Crippen LogP) is 0.491. The number of allylic oxidation sites excluding steroid dienone is 1. The van der Waals surface area contributed by atoms with Crippen LogP contribution in [0.25, 0.3) is 0 Å². The molecule has 1 aliphatic heterocycles. The highest BCUT2D eigenvalue weighted by Crippen LogP contribution is 2.28. The maximum absolute atomic E-state index is 12.2. The Balaban J connectivity index is 2.36. The van der Waals surface area contributed by atoms with E-state index in [9.17, 15) is 31.7 Å². The summed E-state index contributed by atoms with van der Waals surface area (Å²) < 4.78 is 50.4. The third kappa shape index (κ3) is 2.90. The number of nitro benzene ring substituents is 1. The molecule has 0 radical (unpaired) electrons. The van der Waals surface area contributed by atoms with Gasteiger partial charge in [-0.25, -0.2) is 16.8 Å². The molecule has 0 saturated heterocycles. The zero-order valence-corrected chi connectivity index (χ0v) is 13.6. The van der Waals surface area contributed by atoms with E-state index in [0.29, 0.717) is 0 Å². The number of non-ortho nitro benzene ring substituents is 1. The second-order valence-electron chi connectivity index (χ2n) is 4.84. The molecule has 11 heteroatoms. The number of ketones is 1. The van der Waals surface area contributed by atoms with Crippen LogP contribution < -0.4 is 4.72 Å². The summed E-state index contributed by atoms with van der Waals surface area (Å²) in [6.45, 7) is 2.53. The third-order valence-corrected chi connectivity index (χ3v) is 7.19. The van der Waals surface area contributed by atoms with Gasteiger partial charge in [-0.2, -0.15) is 4.72 Å². The maximum atomic E-state index is 12.2. The van der Waals surface area contributed by atoms with E-state index in [-0.39, 0.29) is 21.1 Å². The van der Waals surface area contributed by atoms with E-state index in [1.807, 2.05) is 4.72 Å². The number of sulfone groups is 1. The quantitative estimate of drug-likeness (QED) is 0.608. The van der Waals surface area contributed by atoms with Gasteiger partial charge in [-0.3, -0.25) is 14.9 Å². The Labute approximate surface area is 132 Å². The summed E-state index contributed by atoms with van der Waals surface area (Å²) >= 11 is 0. The molecule has 1 aliphatic rings. The fourth-order valence-corrected chi connectivity index (χ4v) is 5.22. The Morgan fingerprint density at radius 2 is 1.70 bits per heavy atom. The lowest BCUT2D eigenvalue weighted by atomic mass is 10.2. The molecule has 9 nitrogen and oxygen atoms in total. The lowest BCUT2D eigenvalue weighted by Crippen LogP contribution is -2.43. The average Bonchev–Trinajstić information content (AvgIpc) is 2.62. The van der Waals surface area contributed by atoms with Crippen LogP contribution >= 0.6 is 0 Å². The summed E-state index contributed by atoms with van der Waals surface area (Å²) in [6, 6.07) is 3.85. The van der Waals surface area contributed by atoms with Gasteiger partial charge in [0.2, 0.25) is 10.0 Å². The normalized spacial score (nSPS) is 20.8. The van der Waals surface area contributed by atoms with Crippen molar-refractivity contribution in [1.29, 1.82) is 0 Å². The van der Waals surface area contributed by atoms with Crippen LogP contribution in [0.5, 0.6) is 0 Å². The molecule has 23 heavy (non-hydrogen) atoms. The first-order valence-electron chi connectivity index (χ1n) is 6.21. The molecule has 0 spiro atoms. The van der Waals surface area contributed by atoms with Gasteiger partial charge in [-0.05, 0) is 26.0 Å². The van der Waals surface area contributed by atoms with Gasteiger partial charge in [0.1, 0.15) is 0 Å². The van der Waals surface area contributed by atoms with Crippen molar-refractivity contribution in [2.24, 2.45) is 0 Å². The SMILES string of the molecule is CC1=C(C)S(=O)(=O)C(NS(=O)(=O)c2ccc([N+](=O)[O-])cc2)C1=O. The Hall–Kier alpha value is -2.11. The first-order chi connectivity index (χ1) is 10.5. The molecule has 1 aromatic rings. The Morgan fingerprint density at radius 3 is 2.09 bits per heavy atom. The van der Waals surface area contributed by atoms with E-state index >= 15 is 0 Å². The van der Waals surface area contributed by atoms with E-state index < -0.39 is 35.9 Å². The van der Waals surface area contributed by atoms with Crippen LogP contribution in [0.2, 0.25) is 0 Å². The number of hydrogen-bond donors (Lipinski definition) is 1. The largest absolute Gasteiger partial charge is 0.291 e. The molecule has 0 amide bonds. The smallest absolute Gasteiger partial charge is 0.269 e. The maximum Gasteiger partial charge on any atom is 0.269 e. The summed E-state index contributed by atoms with van der Waals surface area (Å²) in [4.78, 5) is 21.2. The van der Waals surface area contributed by atoms with Gasteiger partial charge in [0.25, 0.3) is 5.69 Å². The number of carbonyl (C=O) groups excluding carboxylic acids is 1. The summed E-state index contributed by atoms with van der Waals surface area (Å²) in [5.41, 5.74) is -0.344. The van der Waals surface area contributed by atoms with Crippen molar-refractivity contribution in [1.82, 2.24) is 4.72 Å². The minimum absolute atomic E-state index is 0.0265. The fraction of sp³-hybridized carbons (Fsp3) is 0.250. The number of Topliss-reactive ketones (excluding diaryl/α,β-unsaturated/α-hetero) is 1. The van der Waals surface area contributed by atoms with Crippen molar-refractivity contribution in [2.45, 2.75) is 24.1 Å². The van der Waals surface area contributed by atoms with Gasteiger partial charge < -0.3 is 0 Å². The summed E-state index contributed by atoms with van der Waals surface area (Å²) in [6.07, 6.45) is 0. The Kier molecular flexibility index (Phi) is 4.13. The molecule has 0 bridgehead atoms. The lowest BCUT2D eigenvalue weighted by Gasteiger charge is -2.12. The molecule has 1 heterocycles. The van der Waals surface area contributed by atoms with Crippen molar-refractivity contribution in [2.75, 3.05) is 0 Å². The van der Waals surface area contributed by atoms with Crippen LogP contribution in [0.4, 0.5) is 5.69 Å². The first kappa shape index (κ1) is 17.2. The number of nitro groups is 1. The fourth-order valence-electron chi connectivity index (χ4n) is 1.97. The topological polar surface area (TPSA) is 141 Å². The van der Waals surface area contributed by atoms with Crippen LogP contribution in [0.15, 0.2) is 39.6 Å². The van der Waals surface area contributed by atoms with E-state index in [1.165, 1.54) is 13.8 Å². The standard InChI is InChI=1S/C12H12N2O7S2/c1-7-8(2)22(18,19)12(11(7)15)13-23(20,21)10-5-3-9(4-6-10)14(16)17/h3-6,12-13H,1-2H3. The van der Waals surface area contributed by atoms with Gasteiger partial charge in [0, 0.05) is 22.6 Å². The number of rotatable bonds is 4. The van der Waals surface area contributed by atoms with E-state index in [1.54, 1.807) is 0 Å². The third-order valence-electron chi connectivity index (χ3n) is 3.49. The van der Waals surface area contributed by atoms with Crippen LogP contribution in [0.3, 0.4) is 0 Å². The lowest BCUT2D eigenvalue weighted by molar-refractivity contribution is -0.384. The number of nitrogens with zero attached hydrogens (tertiary/aromatic N) is 1. The number of carbonyl (C=O) groups is 1. The molecule has 1 unspecified atom stereocenters. The number of sulfonamides is 1. The van der Waals surface area contributed by atoms with E-state index in [0.717, 1.165) is 24.3 Å². The molecule has 0 aromatic heterocycles. The van der Waals surface area contributed by atoms with Crippen molar-refractivity contribution in [3.63, 3.8) is 0 Å². The summed E-state index contributed by atoms with van der Waals surface area (Å²) in [5.74, 6) is -0.840. The molecule has 124 valence electrons. The molecule has 1 N–H and O–H groups in total. The number of hydrogen-bond acceptors (Lipinski definition) is 7. The van der Waals surface area contributed by atoms with Gasteiger partial charge >= 0.3 is 0 Å². The zero-order valence-electron chi connectivity index (χ0n) is 12.0. The highest BCUT2D eigenvalue weighted by Gasteiger charge is 2.45. The van der Waals surface area contributed by atoms with E-state index in [2.05, 4.69) is 0 Å². The minimum atomic E-state index is -4.34.